The fourth-order valence-corrected chi connectivity index (χ4v) is 2.06. The first-order valence-corrected chi connectivity index (χ1v) is 5.62. The molecule has 0 amide bonds. The van der Waals surface area contributed by atoms with Crippen molar-refractivity contribution >= 4 is 17.4 Å². The van der Waals surface area contributed by atoms with E-state index in [4.69, 9.17) is 15.9 Å². The highest BCUT2D eigenvalue weighted by Gasteiger charge is 2.14. The summed E-state index contributed by atoms with van der Waals surface area (Å²) in [5.74, 6) is 0.167. The first-order valence-electron chi connectivity index (χ1n) is 4.64. The minimum absolute atomic E-state index is 0.143. The molecule has 1 aromatic rings. The molecule has 0 fully saturated rings. The molecule has 4 N–H and O–H groups in total. The highest BCUT2D eigenvalue weighted by atomic mass is 32.2. The van der Waals surface area contributed by atoms with Gasteiger partial charge in [-0.3, -0.25) is 0 Å². The number of aliphatic hydroxyl groups excluding tert-OH is 2. The molecule has 0 saturated carbocycles. The van der Waals surface area contributed by atoms with Crippen LogP contribution < -0.4 is 5.73 Å². The first kappa shape index (κ1) is 13.2. The van der Waals surface area contributed by atoms with Crippen LogP contribution in [0.15, 0.2) is 23.1 Å². The van der Waals surface area contributed by atoms with Gasteiger partial charge in [-0.2, -0.15) is 0 Å². The number of thioether (sulfide) groups is 1. The minimum Gasteiger partial charge on any atom is -0.399 e. The van der Waals surface area contributed by atoms with Crippen LogP contribution in [0.25, 0.3) is 0 Å². The molecule has 16 heavy (non-hydrogen) atoms. The number of anilines is 1. The van der Waals surface area contributed by atoms with Gasteiger partial charge in [0.2, 0.25) is 0 Å². The molecule has 0 saturated heterocycles. The van der Waals surface area contributed by atoms with Gasteiger partial charge in [0.05, 0.1) is 12.7 Å². The van der Waals surface area contributed by atoms with E-state index in [2.05, 4.69) is 0 Å². The smallest absolute Gasteiger partial charge is 0.265 e. The Balaban J connectivity index is 2.78. The Morgan fingerprint density at radius 3 is 2.62 bits per heavy atom. The number of halogens is 2. The van der Waals surface area contributed by atoms with Gasteiger partial charge in [0.15, 0.2) is 0 Å². The Morgan fingerprint density at radius 1 is 1.38 bits per heavy atom. The van der Waals surface area contributed by atoms with E-state index in [0.29, 0.717) is 4.90 Å². The van der Waals surface area contributed by atoms with Crippen molar-refractivity contribution in [2.45, 2.75) is 17.4 Å². The van der Waals surface area contributed by atoms with Crippen LogP contribution >= 0.6 is 11.8 Å². The van der Waals surface area contributed by atoms with Crippen LogP contribution in [0, 0.1) is 0 Å². The lowest BCUT2D eigenvalue weighted by Gasteiger charge is -2.11. The number of aliphatic hydroxyl groups is 2. The third kappa shape index (κ3) is 3.62. The Morgan fingerprint density at radius 2 is 2.06 bits per heavy atom. The van der Waals surface area contributed by atoms with E-state index < -0.39 is 12.5 Å². The van der Waals surface area contributed by atoms with Crippen molar-refractivity contribution in [3.05, 3.63) is 23.8 Å². The van der Waals surface area contributed by atoms with Gasteiger partial charge in [0.1, 0.15) is 0 Å². The fraction of sp³-hybridized carbons (Fsp3) is 0.400. The van der Waals surface area contributed by atoms with Crippen LogP contribution in [0.2, 0.25) is 0 Å². The number of benzene rings is 1. The molecule has 0 radical (unpaired) electrons. The maximum absolute atomic E-state index is 12.6. The Labute approximate surface area is 96.3 Å². The van der Waals surface area contributed by atoms with Crippen LogP contribution in [0.1, 0.15) is 12.0 Å². The molecule has 0 spiro atoms. The normalized spacial score (nSPS) is 13.1. The van der Waals surface area contributed by atoms with Crippen LogP contribution in [-0.4, -0.2) is 28.7 Å². The zero-order valence-electron chi connectivity index (χ0n) is 8.44. The van der Waals surface area contributed by atoms with E-state index in [9.17, 15) is 8.78 Å². The summed E-state index contributed by atoms with van der Waals surface area (Å²) in [4.78, 5) is 0.372. The lowest BCUT2D eigenvalue weighted by Crippen LogP contribution is -2.14. The average molecular weight is 249 g/mol. The van der Waals surface area contributed by atoms with E-state index in [0.717, 1.165) is 11.8 Å². The summed E-state index contributed by atoms with van der Waals surface area (Å²) in [5, 5.41) is 17.7. The van der Waals surface area contributed by atoms with E-state index in [1.807, 2.05) is 0 Å². The van der Waals surface area contributed by atoms with Crippen LogP contribution in [0.3, 0.4) is 0 Å². The number of hydrogen-bond acceptors (Lipinski definition) is 4. The Kier molecular flexibility index (Phi) is 4.98. The van der Waals surface area contributed by atoms with Gasteiger partial charge >= 0.3 is 0 Å². The maximum atomic E-state index is 12.6. The van der Waals surface area contributed by atoms with Gasteiger partial charge in [0.25, 0.3) is 6.43 Å². The number of alkyl halides is 2. The summed E-state index contributed by atoms with van der Waals surface area (Å²) >= 11 is 1.07. The molecule has 0 aliphatic rings. The van der Waals surface area contributed by atoms with Gasteiger partial charge in [-0.1, -0.05) is 0 Å². The number of nitrogens with two attached hydrogens (primary N) is 1. The molecule has 1 rings (SSSR count). The largest absolute Gasteiger partial charge is 0.399 e. The zero-order chi connectivity index (χ0) is 12.1. The van der Waals surface area contributed by atoms with Crippen molar-refractivity contribution in [3.8, 4) is 0 Å². The highest BCUT2D eigenvalue weighted by molar-refractivity contribution is 7.99. The summed E-state index contributed by atoms with van der Waals surface area (Å²) in [6, 6.07) is 4.24. The van der Waals surface area contributed by atoms with Gasteiger partial charge in [-0.25, -0.2) is 8.78 Å². The molecule has 1 aromatic carbocycles. The van der Waals surface area contributed by atoms with Crippen molar-refractivity contribution in [1.29, 1.82) is 0 Å². The molecule has 1 unspecified atom stereocenters. The Bertz CT molecular complexity index is 350. The molecule has 3 nitrogen and oxygen atoms in total. The van der Waals surface area contributed by atoms with Gasteiger partial charge in [-0.15, -0.1) is 11.8 Å². The predicted molar refractivity (Wildman–Crippen MR) is 59.6 cm³/mol. The summed E-state index contributed by atoms with van der Waals surface area (Å²) in [6.45, 7) is -0.383. The molecule has 90 valence electrons. The van der Waals surface area contributed by atoms with Crippen molar-refractivity contribution < 1.29 is 19.0 Å². The average Bonchev–Trinajstić information content (AvgIpc) is 2.26. The summed E-state index contributed by atoms with van der Waals surface area (Å²) in [5.41, 5.74) is 5.55. The second-order valence-corrected chi connectivity index (χ2v) is 4.31. The Hall–Kier alpha value is -0.850. The van der Waals surface area contributed by atoms with E-state index in [-0.39, 0.29) is 23.6 Å². The molecule has 1 atom stereocenters. The molecule has 0 aliphatic carbocycles. The molecule has 0 aromatic heterocycles. The topological polar surface area (TPSA) is 66.5 Å². The van der Waals surface area contributed by atoms with Crippen molar-refractivity contribution in [2.24, 2.45) is 0 Å². The van der Waals surface area contributed by atoms with Gasteiger partial charge in [0, 0.05) is 21.9 Å². The molecule has 0 heterocycles. The maximum Gasteiger partial charge on any atom is 0.265 e. The molecule has 0 aliphatic heterocycles. The lowest BCUT2D eigenvalue weighted by atomic mass is 10.2. The van der Waals surface area contributed by atoms with E-state index >= 15 is 0 Å². The van der Waals surface area contributed by atoms with Gasteiger partial charge < -0.3 is 15.9 Å². The van der Waals surface area contributed by atoms with E-state index in [1.54, 1.807) is 0 Å². The van der Waals surface area contributed by atoms with E-state index in [1.165, 1.54) is 18.2 Å². The summed E-state index contributed by atoms with van der Waals surface area (Å²) < 4.78 is 25.3. The molecule has 6 heteroatoms. The number of hydrogen-bond donors (Lipinski definition) is 3. The minimum atomic E-state index is -2.60. The first-order chi connectivity index (χ1) is 7.54. The third-order valence-electron chi connectivity index (χ3n) is 1.91. The molecule has 0 bridgehead atoms. The number of rotatable bonds is 5. The van der Waals surface area contributed by atoms with Crippen molar-refractivity contribution in [2.75, 3.05) is 18.1 Å². The van der Waals surface area contributed by atoms with Crippen LogP contribution in [0.4, 0.5) is 14.5 Å². The summed E-state index contributed by atoms with van der Waals surface area (Å²) in [7, 11) is 0. The lowest BCUT2D eigenvalue weighted by molar-refractivity contribution is 0.113. The monoisotopic (exact) mass is 249 g/mol. The predicted octanol–water partition coefficient (Wildman–Crippen LogP) is 1.65. The second kappa shape index (κ2) is 6.03. The van der Waals surface area contributed by atoms with Crippen LogP contribution in [0.5, 0.6) is 0 Å². The second-order valence-electron chi connectivity index (χ2n) is 3.25. The molecular weight excluding hydrogens is 236 g/mol. The SMILES string of the molecule is Nc1ccc(SCC(O)CO)c(C(F)F)c1. The number of nitrogen functional groups attached to an aromatic ring is 1. The summed E-state index contributed by atoms with van der Waals surface area (Å²) in [6.07, 6.45) is -3.51. The fourth-order valence-electron chi connectivity index (χ4n) is 1.11. The quantitative estimate of drug-likeness (QED) is 0.548. The van der Waals surface area contributed by atoms with Crippen molar-refractivity contribution in [3.63, 3.8) is 0 Å². The van der Waals surface area contributed by atoms with Gasteiger partial charge in [-0.05, 0) is 18.2 Å². The highest BCUT2D eigenvalue weighted by Crippen LogP contribution is 2.32. The molecular formula is C10H13F2NO2S. The third-order valence-corrected chi connectivity index (χ3v) is 3.15. The zero-order valence-corrected chi connectivity index (χ0v) is 9.25. The van der Waals surface area contributed by atoms with Crippen LogP contribution in [-0.2, 0) is 0 Å². The standard InChI is InChI=1S/C10H13F2NO2S/c11-10(12)8-3-6(13)1-2-9(8)16-5-7(15)4-14/h1-3,7,10,14-15H,4-5,13H2. The van der Waals surface area contributed by atoms with Crippen molar-refractivity contribution in [1.82, 2.24) is 0 Å².